The molecule has 1 fully saturated rings. The van der Waals surface area contributed by atoms with E-state index in [1.54, 1.807) is 30.3 Å². The molecule has 5 nitrogen and oxygen atoms in total. The molecule has 3 aliphatic heterocycles. The lowest BCUT2D eigenvalue weighted by Gasteiger charge is -2.37. The number of nitrogens with zero attached hydrogens (tertiary/aromatic N) is 1. The van der Waals surface area contributed by atoms with Gasteiger partial charge >= 0.3 is 0 Å². The fourth-order valence-electron chi connectivity index (χ4n) is 6.73. The van der Waals surface area contributed by atoms with Crippen LogP contribution in [0.1, 0.15) is 31.8 Å². The zero-order valence-corrected chi connectivity index (χ0v) is 25.3. The van der Waals surface area contributed by atoms with Crippen molar-refractivity contribution in [1.29, 1.82) is 0 Å². The van der Waals surface area contributed by atoms with Gasteiger partial charge in [0, 0.05) is 36.5 Å². The smallest absolute Gasteiger partial charge is 0.238 e. The van der Waals surface area contributed by atoms with Gasteiger partial charge in [0.15, 0.2) is 11.6 Å². The molecule has 0 bridgehead atoms. The van der Waals surface area contributed by atoms with Crippen molar-refractivity contribution in [2.24, 2.45) is 5.92 Å². The predicted octanol–water partition coefficient (Wildman–Crippen LogP) is 7.72. The SMILES string of the molecule is O=C(c1ccc(Br)cc1)[C@@H]1N2c3ccc(Cl)cc3C=C[C@H]2[C@H](C(=O)c2ccc(Br)cc2)[C@]12C(=O)Nc1ccccc12. The van der Waals surface area contributed by atoms with Gasteiger partial charge in [-0.3, -0.25) is 14.4 Å². The van der Waals surface area contributed by atoms with Crippen LogP contribution in [-0.4, -0.2) is 29.6 Å². The Morgan fingerprint density at radius 1 is 0.829 bits per heavy atom. The first kappa shape index (κ1) is 26.4. The number of para-hydroxylation sites is 1. The zero-order valence-electron chi connectivity index (χ0n) is 21.4. The number of amides is 1. The molecule has 41 heavy (non-hydrogen) atoms. The summed E-state index contributed by atoms with van der Waals surface area (Å²) in [6.07, 6.45) is 3.87. The highest BCUT2D eigenvalue weighted by Crippen LogP contribution is 2.58. The van der Waals surface area contributed by atoms with Crippen LogP contribution in [0, 0.1) is 5.92 Å². The number of hydrogen-bond donors (Lipinski definition) is 1. The molecule has 0 unspecified atom stereocenters. The van der Waals surface area contributed by atoms with Gasteiger partial charge in [0.05, 0.1) is 12.0 Å². The van der Waals surface area contributed by atoms with Gasteiger partial charge in [0.2, 0.25) is 5.91 Å². The van der Waals surface area contributed by atoms with Gasteiger partial charge < -0.3 is 10.2 Å². The molecule has 4 atom stereocenters. The van der Waals surface area contributed by atoms with Crippen LogP contribution >= 0.6 is 43.5 Å². The average molecular weight is 689 g/mol. The second-order valence-electron chi connectivity index (χ2n) is 10.5. The van der Waals surface area contributed by atoms with E-state index in [1.165, 1.54) is 0 Å². The van der Waals surface area contributed by atoms with Crippen molar-refractivity contribution in [3.05, 3.63) is 133 Å². The Morgan fingerprint density at radius 2 is 1.46 bits per heavy atom. The second-order valence-corrected chi connectivity index (χ2v) is 12.7. The van der Waals surface area contributed by atoms with E-state index in [9.17, 15) is 14.4 Å². The highest BCUT2D eigenvalue weighted by molar-refractivity contribution is 9.10. The van der Waals surface area contributed by atoms with Crippen molar-refractivity contribution in [3.8, 4) is 0 Å². The second kappa shape index (κ2) is 9.79. The summed E-state index contributed by atoms with van der Waals surface area (Å²) in [6.45, 7) is 0. The molecule has 3 aliphatic rings. The van der Waals surface area contributed by atoms with E-state index in [-0.39, 0.29) is 17.5 Å². The summed E-state index contributed by atoms with van der Waals surface area (Å²) in [5.74, 6) is -1.69. The zero-order chi connectivity index (χ0) is 28.5. The number of rotatable bonds is 4. The minimum atomic E-state index is -1.50. The van der Waals surface area contributed by atoms with Gasteiger partial charge in [-0.2, -0.15) is 0 Å². The maximum atomic E-state index is 14.8. The summed E-state index contributed by atoms with van der Waals surface area (Å²) < 4.78 is 1.67. The van der Waals surface area contributed by atoms with E-state index in [1.807, 2.05) is 77.7 Å². The Labute approximate surface area is 258 Å². The molecule has 0 radical (unpaired) electrons. The molecule has 1 spiro atoms. The van der Waals surface area contributed by atoms with Crippen molar-refractivity contribution in [2.75, 3.05) is 10.2 Å². The van der Waals surface area contributed by atoms with Gasteiger partial charge in [0.25, 0.3) is 0 Å². The summed E-state index contributed by atoms with van der Waals surface area (Å²) in [5.41, 5.74) is 2.26. The maximum absolute atomic E-state index is 14.8. The first-order valence-electron chi connectivity index (χ1n) is 13.1. The van der Waals surface area contributed by atoms with Crippen LogP contribution in [0.5, 0.6) is 0 Å². The van der Waals surface area contributed by atoms with Crippen LogP contribution in [0.15, 0.2) is 106 Å². The summed E-state index contributed by atoms with van der Waals surface area (Å²) >= 11 is 13.3. The fourth-order valence-corrected chi connectivity index (χ4v) is 7.44. The quantitative estimate of drug-likeness (QED) is 0.223. The van der Waals surface area contributed by atoms with Gasteiger partial charge in [-0.15, -0.1) is 0 Å². The fraction of sp³-hybridized carbons (Fsp3) is 0.121. The molecule has 4 aromatic rings. The number of halogens is 3. The topological polar surface area (TPSA) is 66.5 Å². The molecule has 7 rings (SSSR count). The molecule has 1 amide bonds. The number of benzene rings is 4. The van der Waals surface area contributed by atoms with Crippen LogP contribution in [0.25, 0.3) is 6.08 Å². The van der Waals surface area contributed by atoms with Gasteiger partial charge in [-0.25, -0.2) is 0 Å². The van der Waals surface area contributed by atoms with E-state index >= 15 is 0 Å². The van der Waals surface area contributed by atoms with Crippen molar-refractivity contribution in [2.45, 2.75) is 17.5 Å². The monoisotopic (exact) mass is 686 g/mol. The standard InChI is InChI=1S/C33H21Br2ClN2O3/c34-21-10-5-18(6-11-21)29(39)28-27-15-9-20-17-23(36)14-16-26(20)38(27)31(30(40)19-7-12-22(35)13-8-19)33(28)24-3-1-2-4-25(24)37-32(33)41/h1-17,27-28,31H,(H,37,41)/t27-,28+,31-,33-/m0/s1. The van der Waals surface area contributed by atoms with Crippen molar-refractivity contribution < 1.29 is 14.4 Å². The van der Waals surface area contributed by atoms with Crippen molar-refractivity contribution >= 4 is 78.4 Å². The average Bonchev–Trinajstić information content (AvgIpc) is 3.44. The summed E-state index contributed by atoms with van der Waals surface area (Å²) in [5, 5.41) is 3.59. The highest BCUT2D eigenvalue weighted by atomic mass is 79.9. The third-order valence-electron chi connectivity index (χ3n) is 8.39. The number of Topliss-reactive ketones (excluding diaryl/α,β-unsaturated/α-hetero) is 2. The van der Waals surface area contributed by atoms with Crippen molar-refractivity contribution in [1.82, 2.24) is 0 Å². The van der Waals surface area contributed by atoms with Gasteiger partial charge in [-0.05, 0) is 59.7 Å². The molecule has 202 valence electrons. The van der Waals surface area contributed by atoms with Crippen LogP contribution < -0.4 is 10.2 Å². The largest absolute Gasteiger partial charge is 0.352 e. The number of nitrogens with one attached hydrogen (secondary N) is 1. The van der Waals surface area contributed by atoms with Crippen LogP contribution in [0.2, 0.25) is 5.02 Å². The molecular weight excluding hydrogens is 668 g/mol. The number of ketones is 2. The first-order valence-corrected chi connectivity index (χ1v) is 15.0. The lowest BCUT2D eigenvalue weighted by Crippen LogP contribution is -2.55. The Kier molecular flexibility index (Phi) is 6.30. The Balaban J connectivity index is 1.54. The van der Waals surface area contributed by atoms with E-state index < -0.39 is 23.4 Å². The van der Waals surface area contributed by atoms with E-state index in [2.05, 4.69) is 37.2 Å². The molecule has 0 aliphatic carbocycles. The van der Waals surface area contributed by atoms with E-state index in [0.717, 1.165) is 20.2 Å². The van der Waals surface area contributed by atoms with Crippen LogP contribution in [0.4, 0.5) is 11.4 Å². The number of anilines is 2. The summed E-state index contributed by atoms with van der Waals surface area (Å²) in [6, 6.07) is 25.5. The molecule has 0 aromatic heterocycles. The van der Waals surface area contributed by atoms with Gasteiger partial charge in [-0.1, -0.05) is 98.1 Å². The Bertz CT molecular complexity index is 1790. The molecule has 1 N–H and O–H groups in total. The third kappa shape index (κ3) is 3.90. The molecular formula is C33H21Br2ClN2O3. The minimum absolute atomic E-state index is 0.201. The van der Waals surface area contributed by atoms with E-state index in [0.29, 0.717) is 27.4 Å². The lowest BCUT2D eigenvalue weighted by molar-refractivity contribution is -0.121. The minimum Gasteiger partial charge on any atom is -0.352 e. The number of hydrogen-bond acceptors (Lipinski definition) is 4. The van der Waals surface area contributed by atoms with E-state index in [4.69, 9.17) is 11.6 Å². The Morgan fingerprint density at radius 3 is 2.15 bits per heavy atom. The normalized spacial score (nSPS) is 23.6. The Hall–Kier alpha value is -3.52. The number of fused-ring (bicyclic) bond motifs is 5. The van der Waals surface area contributed by atoms with Crippen LogP contribution in [0.3, 0.4) is 0 Å². The predicted molar refractivity (Wildman–Crippen MR) is 168 cm³/mol. The summed E-state index contributed by atoms with van der Waals surface area (Å²) in [7, 11) is 0. The molecule has 1 saturated heterocycles. The van der Waals surface area contributed by atoms with Crippen molar-refractivity contribution in [3.63, 3.8) is 0 Å². The molecule has 8 heteroatoms. The molecule has 4 aromatic carbocycles. The number of carbonyl (C=O) groups is 3. The maximum Gasteiger partial charge on any atom is 0.238 e. The van der Waals surface area contributed by atoms with Gasteiger partial charge in [0.1, 0.15) is 11.5 Å². The third-order valence-corrected chi connectivity index (χ3v) is 9.68. The highest BCUT2D eigenvalue weighted by Gasteiger charge is 2.70. The summed E-state index contributed by atoms with van der Waals surface area (Å²) in [4.78, 5) is 45.8. The molecule has 0 saturated carbocycles. The van der Waals surface area contributed by atoms with Crippen LogP contribution in [-0.2, 0) is 10.2 Å². The number of carbonyl (C=O) groups excluding carboxylic acids is 3. The lowest BCUT2D eigenvalue weighted by atomic mass is 9.63. The first-order chi connectivity index (χ1) is 19.8. The molecule has 3 heterocycles.